The van der Waals surface area contributed by atoms with Gasteiger partial charge in [-0.3, -0.25) is 4.79 Å². The van der Waals surface area contributed by atoms with Crippen LogP contribution in [0.1, 0.15) is 32.1 Å². The lowest BCUT2D eigenvalue weighted by atomic mass is 9.95. The number of nitrogens with zero attached hydrogens (tertiary/aromatic N) is 1. The van der Waals surface area contributed by atoms with Crippen LogP contribution in [0.4, 0.5) is 5.69 Å². The van der Waals surface area contributed by atoms with Gasteiger partial charge in [-0.15, -0.1) is 11.3 Å². The van der Waals surface area contributed by atoms with Crippen LogP contribution in [0, 0.1) is 0 Å². The van der Waals surface area contributed by atoms with Crippen LogP contribution >= 0.6 is 23.1 Å². The lowest BCUT2D eigenvalue weighted by Crippen LogP contribution is -2.37. The summed E-state index contributed by atoms with van der Waals surface area (Å²) in [6.45, 7) is 0. The van der Waals surface area contributed by atoms with E-state index in [0.717, 1.165) is 33.1 Å². The second kappa shape index (κ2) is 6.66. The largest absolute Gasteiger partial charge is 0.399 e. The maximum absolute atomic E-state index is 12.0. The van der Waals surface area contributed by atoms with Gasteiger partial charge in [0, 0.05) is 11.7 Å². The van der Waals surface area contributed by atoms with Crippen LogP contribution in [0.3, 0.4) is 0 Å². The predicted octanol–water partition coefficient (Wildman–Crippen LogP) is 3.42. The summed E-state index contributed by atoms with van der Waals surface area (Å²) >= 11 is 3.09. The Morgan fingerprint density at radius 1 is 1.38 bits per heavy atom. The van der Waals surface area contributed by atoms with Crippen LogP contribution in [-0.4, -0.2) is 22.7 Å². The molecule has 1 aromatic heterocycles. The number of benzene rings is 1. The molecule has 0 radical (unpaired) electrons. The number of hydrogen-bond acceptors (Lipinski definition) is 5. The zero-order chi connectivity index (χ0) is 14.7. The Balaban J connectivity index is 1.54. The van der Waals surface area contributed by atoms with E-state index >= 15 is 0 Å². The van der Waals surface area contributed by atoms with Gasteiger partial charge in [0.05, 0.1) is 16.0 Å². The number of thioether (sulfide) groups is 1. The van der Waals surface area contributed by atoms with Gasteiger partial charge in [-0.05, 0) is 31.0 Å². The molecule has 0 unspecified atom stereocenters. The number of anilines is 1. The van der Waals surface area contributed by atoms with Gasteiger partial charge in [-0.2, -0.15) is 0 Å². The Morgan fingerprint density at radius 3 is 3.00 bits per heavy atom. The third-order valence-electron chi connectivity index (χ3n) is 3.69. The van der Waals surface area contributed by atoms with Gasteiger partial charge in [-0.1, -0.05) is 31.0 Å². The summed E-state index contributed by atoms with van der Waals surface area (Å²) in [5.41, 5.74) is 7.46. The van der Waals surface area contributed by atoms with Crippen molar-refractivity contribution in [2.24, 2.45) is 0 Å². The molecule has 1 aromatic carbocycles. The van der Waals surface area contributed by atoms with Gasteiger partial charge in [0.25, 0.3) is 0 Å². The molecule has 1 aliphatic rings. The number of thiazole rings is 1. The number of fused-ring (bicyclic) bond motifs is 1. The third kappa shape index (κ3) is 3.89. The molecule has 21 heavy (non-hydrogen) atoms. The highest BCUT2D eigenvalue weighted by Gasteiger charge is 2.16. The Hall–Kier alpha value is -1.27. The lowest BCUT2D eigenvalue weighted by Gasteiger charge is -2.22. The van der Waals surface area contributed by atoms with Crippen molar-refractivity contribution in [2.45, 2.75) is 42.5 Å². The first-order valence-electron chi connectivity index (χ1n) is 7.29. The summed E-state index contributed by atoms with van der Waals surface area (Å²) in [5, 5.41) is 3.13. The van der Waals surface area contributed by atoms with Gasteiger partial charge >= 0.3 is 0 Å². The zero-order valence-electron chi connectivity index (χ0n) is 11.8. The molecule has 1 fully saturated rings. The van der Waals surface area contributed by atoms with Crippen molar-refractivity contribution in [1.82, 2.24) is 10.3 Å². The highest BCUT2D eigenvalue weighted by Crippen LogP contribution is 2.30. The van der Waals surface area contributed by atoms with E-state index in [-0.39, 0.29) is 5.91 Å². The number of carbonyl (C=O) groups is 1. The standard InChI is InChI=1S/C15H19N3OS2/c16-10-6-7-12-13(8-10)21-15(18-12)20-9-14(19)17-11-4-2-1-3-5-11/h6-8,11H,1-5,9,16H2,(H,17,19). The van der Waals surface area contributed by atoms with E-state index in [0.29, 0.717) is 11.8 Å². The molecule has 3 N–H and O–H groups in total. The van der Waals surface area contributed by atoms with E-state index < -0.39 is 0 Å². The molecule has 6 heteroatoms. The molecule has 0 atom stereocenters. The quantitative estimate of drug-likeness (QED) is 0.669. The minimum absolute atomic E-state index is 0.116. The Morgan fingerprint density at radius 2 is 2.19 bits per heavy atom. The third-order valence-corrected chi connectivity index (χ3v) is 5.85. The number of amides is 1. The van der Waals surface area contributed by atoms with E-state index in [4.69, 9.17) is 5.73 Å². The smallest absolute Gasteiger partial charge is 0.230 e. The average molecular weight is 321 g/mol. The van der Waals surface area contributed by atoms with E-state index in [1.807, 2.05) is 18.2 Å². The predicted molar refractivity (Wildman–Crippen MR) is 89.8 cm³/mol. The number of rotatable bonds is 4. The molecule has 0 aliphatic heterocycles. The first-order valence-corrected chi connectivity index (χ1v) is 9.09. The molecule has 1 aliphatic carbocycles. The summed E-state index contributed by atoms with van der Waals surface area (Å²) in [4.78, 5) is 16.5. The molecule has 0 bridgehead atoms. The number of nitrogen functional groups attached to an aromatic ring is 1. The minimum atomic E-state index is 0.116. The van der Waals surface area contributed by atoms with Gasteiger partial charge in [0.2, 0.25) is 5.91 Å². The SMILES string of the molecule is Nc1ccc2nc(SCC(=O)NC3CCCCC3)sc2c1. The Kier molecular flexibility index (Phi) is 4.65. The maximum atomic E-state index is 12.0. The van der Waals surface area contributed by atoms with Gasteiger partial charge in [0.15, 0.2) is 4.34 Å². The van der Waals surface area contributed by atoms with Gasteiger partial charge in [0.1, 0.15) is 0 Å². The zero-order valence-corrected chi connectivity index (χ0v) is 13.4. The van der Waals surface area contributed by atoms with Crippen LogP contribution in [0.2, 0.25) is 0 Å². The fourth-order valence-corrected chi connectivity index (χ4v) is 4.55. The van der Waals surface area contributed by atoms with E-state index in [2.05, 4.69) is 10.3 Å². The van der Waals surface area contributed by atoms with Crippen LogP contribution in [0.15, 0.2) is 22.5 Å². The molecule has 3 rings (SSSR count). The molecule has 112 valence electrons. The second-order valence-corrected chi connectivity index (χ2v) is 7.65. The van der Waals surface area contributed by atoms with E-state index in [1.165, 1.54) is 31.0 Å². The van der Waals surface area contributed by atoms with Gasteiger partial charge < -0.3 is 11.1 Å². The summed E-state index contributed by atoms with van der Waals surface area (Å²) in [5.74, 6) is 0.553. The number of nitrogens with one attached hydrogen (secondary N) is 1. The van der Waals surface area contributed by atoms with Crippen LogP contribution < -0.4 is 11.1 Å². The molecule has 0 spiro atoms. The first kappa shape index (κ1) is 14.7. The van der Waals surface area contributed by atoms with Gasteiger partial charge in [-0.25, -0.2) is 4.98 Å². The van der Waals surface area contributed by atoms with E-state index in [1.54, 1.807) is 11.3 Å². The fourth-order valence-electron chi connectivity index (χ4n) is 2.63. The van der Waals surface area contributed by atoms with Crippen LogP contribution in [-0.2, 0) is 4.79 Å². The normalized spacial score (nSPS) is 16.2. The lowest BCUT2D eigenvalue weighted by molar-refractivity contribution is -0.119. The molecule has 1 saturated carbocycles. The molecule has 1 heterocycles. The highest BCUT2D eigenvalue weighted by atomic mass is 32.2. The molecule has 2 aromatic rings. The Labute approximate surface area is 132 Å². The molecule has 4 nitrogen and oxygen atoms in total. The van der Waals surface area contributed by atoms with Crippen molar-refractivity contribution in [1.29, 1.82) is 0 Å². The summed E-state index contributed by atoms with van der Waals surface area (Å²) < 4.78 is 2.00. The molecule has 0 saturated heterocycles. The molecule has 1 amide bonds. The van der Waals surface area contributed by atoms with Crippen molar-refractivity contribution >= 4 is 44.9 Å². The van der Waals surface area contributed by atoms with Crippen LogP contribution in [0.5, 0.6) is 0 Å². The van der Waals surface area contributed by atoms with Crippen molar-refractivity contribution < 1.29 is 4.79 Å². The van der Waals surface area contributed by atoms with Crippen molar-refractivity contribution in [3.05, 3.63) is 18.2 Å². The second-order valence-electron chi connectivity index (χ2n) is 5.40. The number of hydrogen-bond donors (Lipinski definition) is 2. The summed E-state index contributed by atoms with van der Waals surface area (Å²) in [7, 11) is 0. The summed E-state index contributed by atoms with van der Waals surface area (Å²) in [6, 6.07) is 6.08. The number of nitrogens with two attached hydrogens (primary N) is 1. The van der Waals surface area contributed by atoms with Crippen molar-refractivity contribution in [2.75, 3.05) is 11.5 Å². The number of carbonyl (C=O) groups excluding carboxylic acids is 1. The topological polar surface area (TPSA) is 68.0 Å². The maximum Gasteiger partial charge on any atom is 0.230 e. The Bertz CT molecular complexity index is 635. The van der Waals surface area contributed by atoms with Crippen molar-refractivity contribution in [3.63, 3.8) is 0 Å². The fraction of sp³-hybridized carbons (Fsp3) is 0.467. The van der Waals surface area contributed by atoms with Crippen LogP contribution in [0.25, 0.3) is 10.2 Å². The van der Waals surface area contributed by atoms with E-state index in [9.17, 15) is 4.79 Å². The molecular formula is C15H19N3OS2. The van der Waals surface area contributed by atoms with Crippen molar-refractivity contribution in [3.8, 4) is 0 Å². The minimum Gasteiger partial charge on any atom is -0.399 e. The first-order chi connectivity index (χ1) is 10.2. The monoisotopic (exact) mass is 321 g/mol. The average Bonchev–Trinajstić information content (AvgIpc) is 2.88. The number of aromatic nitrogens is 1. The molecular weight excluding hydrogens is 302 g/mol. The summed E-state index contributed by atoms with van der Waals surface area (Å²) in [6.07, 6.45) is 6.01. The highest BCUT2D eigenvalue weighted by molar-refractivity contribution is 8.01.